The first-order valence-electron chi connectivity index (χ1n) is 10.6. The van der Waals surface area contributed by atoms with Crippen LogP contribution in [0.15, 0.2) is 42.5 Å². The van der Waals surface area contributed by atoms with E-state index in [0.717, 1.165) is 12.8 Å². The average molecular weight is 436 g/mol. The van der Waals surface area contributed by atoms with Gasteiger partial charge >= 0.3 is 5.97 Å². The Morgan fingerprint density at radius 3 is 2.50 bits per heavy atom. The van der Waals surface area contributed by atoms with Crippen molar-refractivity contribution in [2.75, 3.05) is 24.9 Å². The molecule has 8 heteroatoms. The Kier molecular flexibility index (Phi) is 5.00. The minimum Gasteiger partial charge on any atom is -0.497 e. The van der Waals surface area contributed by atoms with Gasteiger partial charge in [0.2, 0.25) is 5.91 Å². The van der Waals surface area contributed by atoms with E-state index in [0.29, 0.717) is 28.4 Å². The second kappa shape index (κ2) is 7.85. The molecule has 8 nitrogen and oxygen atoms in total. The van der Waals surface area contributed by atoms with Crippen LogP contribution in [-0.4, -0.2) is 38.1 Å². The zero-order valence-corrected chi connectivity index (χ0v) is 17.8. The minimum atomic E-state index is -0.336. The van der Waals surface area contributed by atoms with Crippen molar-refractivity contribution < 1.29 is 28.6 Å². The van der Waals surface area contributed by atoms with Crippen LogP contribution in [-0.2, 0) is 14.3 Å². The number of rotatable bonds is 6. The number of esters is 1. The van der Waals surface area contributed by atoms with Crippen LogP contribution < -0.4 is 20.1 Å². The summed E-state index contributed by atoms with van der Waals surface area (Å²) >= 11 is 0. The first-order valence-corrected chi connectivity index (χ1v) is 10.6. The number of anilines is 2. The number of benzene rings is 2. The van der Waals surface area contributed by atoms with Crippen LogP contribution >= 0.6 is 0 Å². The molecule has 2 aromatic carbocycles. The molecule has 32 heavy (non-hydrogen) atoms. The zero-order valence-electron chi connectivity index (χ0n) is 17.8. The van der Waals surface area contributed by atoms with E-state index in [-0.39, 0.29) is 47.6 Å². The van der Waals surface area contributed by atoms with Crippen LogP contribution in [0.25, 0.3) is 0 Å². The third-order valence-corrected chi connectivity index (χ3v) is 6.86. The number of amides is 2. The summed E-state index contributed by atoms with van der Waals surface area (Å²) in [4.78, 5) is 37.7. The summed E-state index contributed by atoms with van der Waals surface area (Å²) in [5.74, 6) is 0.146. The summed E-state index contributed by atoms with van der Waals surface area (Å²) in [6.07, 6.45) is 1.66. The SMILES string of the molecule is COc1ccc(NC(=O)c2ccc(NC(=O)[C@@H]3[C@@H]4C[C@@H]5[C@H]3C(=O)O[C@@H]5C4)cc2)c(OC)c1. The van der Waals surface area contributed by atoms with Crippen molar-refractivity contribution in [3.63, 3.8) is 0 Å². The average Bonchev–Trinajstić information content (AvgIpc) is 3.42. The standard InChI is InChI=1S/C24H24N2O6/c1-30-15-7-8-17(19(11-15)31-2)26-22(27)12-3-5-14(6-4-12)25-23(28)20-13-9-16-18(10-13)32-24(29)21(16)20/h3-8,11,13,16,18,20-21H,9-10H2,1-2H3,(H,25,28)(H,26,27)/t13-,16+,18-,20-,21-/m1/s1. The van der Waals surface area contributed by atoms with Gasteiger partial charge in [-0.3, -0.25) is 14.4 Å². The van der Waals surface area contributed by atoms with Crippen LogP contribution in [0.4, 0.5) is 11.4 Å². The van der Waals surface area contributed by atoms with Gasteiger partial charge in [-0.25, -0.2) is 0 Å². The molecule has 0 unspecified atom stereocenters. The third-order valence-electron chi connectivity index (χ3n) is 6.86. The van der Waals surface area contributed by atoms with Crippen LogP contribution in [0, 0.1) is 23.7 Å². The molecule has 2 aromatic rings. The molecule has 2 aliphatic carbocycles. The van der Waals surface area contributed by atoms with Gasteiger partial charge in [-0.2, -0.15) is 0 Å². The predicted octanol–water partition coefficient (Wildman–Crippen LogP) is 3.09. The lowest BCUT2D eigenvalue weighted by atomic mass is 9.79. The fourth-order valence-corrected chi connectivity index (χ4v) is 5.39. The van der Waals surface area contributed by atoms with E-state index in [1.807, 2.05) is 0 Å². The monoisotopic (exact) mass is 436 g/mol. The molecule has 2 amide bonds. The molecule has 5 atom stereocenters. The molecule has 0 aromatic heterocycles. The van der Waals surface area contributed by atoms with Crippen LogP contribution in [0.2, 0.25) is 0 Å². The lowest BCUT2D eigenvalue weighted by molar-refractivity contribution is -0.145. The summed E-state index contributed by atoms with van der Waals surface area (Å²) in [5, 5.41) is 5.72. The first-order chi connectivity index (χ1) is 15.5. The normalized spacial score (nSPS) is 27.1. The highest BCUT2D eigenvalue weighted by atomic mass is 16.6. The van der Waals surface area contributed by atoms with Gasteiger partial charge in [0.05, 0.1) is 31.7 Å². The second-order valence-corrected chi connectivity index (χ2v) is 8.51. The molecule has 2 saturated carbocycles. The number of nitrogens with one attached hydrogen (secondary N) is 2. The number of fused-ring (bicyclic) bond motifs is 1. The third kappa shape index (κ3) is 3.36. The molecular weight excluding hydrogens is 412 g/mol. The van der Waals surface area contributed by atoms with Crippen LogP contribution in [0.1, 0.15) is 23.2 Å². The smallest absolute Gasteiger partial charge is 0.310 e. The molecule has 3 fully saturated rings. The van der Waals surface area contributed by atoms with Crippen LogP contribution in [0.3, 0.4) is 0 Å². The molecule has 2 bridgehead atoms. The Morgan fingerprint density at radius 1 is 1.00 bits per heavy atom. The summed E-state index contributed by atoms with van der Waals surface area (Å²) in [6, 6.07) is 11.8. The Hall–Kier alpha value is -3.55. The largest absolute Gasteiger partial charge is 0.497 e. The molecule has 0 radical (unpaired) electrons. The van der Waals surface area contributed by atoms with E-state index < -0.39 is 0 Å². The fraction of sp³-hybridized carbons (Fsp3) is 0.375. The maximum absolute atomic E-state index is 12.9. The second-order valence-electron chi connectivity index (χ2n) is 8.51. The number of methoxy groups -OCH3 is 2. The molecule has 1 saturated heterocycles. The number of carbonyl (C=O) groups excluding carboxylic acids is 3. The number of ether oxygens (including phenoxy) is 3. The van der Waals surface area contributed by atoms with Gasteiger partial charge in [0.15, 0.2) is 0 Å². The Labute approximate surface area is 185 Å². The molecule has 5 rings (SSSR count). The summed E-state index contributed by atoms with van der Waals surface area (Å²) in [5.41, 5.74) is 1.54. The lowest BCUT2D eigenvalue weighted by Crippen LogP contribution is -2.35. The van der Waals surface area contributed by atoms with Crippen molar-refractivity contribution in [1.29, 1.82) is 0 Å². The van der Waals surface area contributed by atoms with E-state index in [1.54, 1.807) is 49.6 Å². The van der Waals surface area contributed by atoms with E-state index >= 15 is 0 Å². The van der Waals surface area contributed by atoms with Gasteiger partial charge in [0, 0.05) is 23.2 Å². The van der Waals surface area contributed by atoms with E-state index in [9.17, 15) is 14.4 Å². The van der Waals surface area contributed by atoms with Crippen LogP contribution in [0.5, 0.6) is 11.5 Å². The van der Waals surface area contributed by atoms with E-state index in [2.05, 4.69) is 10.6 Å². The summed E-state index contributed by atoms with van der Waals surface area (Å²) in [6.45, 7) is 0. The maximum Gasteiger partial charge on any atom is 0.310 e. The van der Waals surface area contributed by atoms with E-state index in [4.69, 9.17) is 14.2 Å². The van der Waals surface area contributed by atoms with Gasteiger partial charge in [-0.1, -0.05) is 0 Å². The fourth-order valence-electron chi connectivity index (χ4n) is 5.39. The summed E-state index contributed by atoms with van der Waals surface area (Å²) in [7, 11) is 3.07. The summed E-state index contributed by atoms with van der Waals surface area (Å²) < 4.78 is 15.9. The van der Waals surface area contributed by atoms with Gasteiger partial charge in [0.1, 0.15) is 17.6 Å². The number of hydrogen-bond acceptors (Lipinski definition) is 6. The lowest BCUT2D eigenvalue weighted by Gasteiger charge is -2.23. The van der Waals surface area contributed by atoms with Crippen molar-refractivity contribution in [3.05, 3.63) is 48.0 Å². The van der Waals surface area contributed by atoms with Gasteiger partial charge in [-0.05, 0) is 55.2 Å². The molecule has 0 spiro atoms. The molecule has 166 valence electrons. The molecule has 1 aliphatic heterocycles. The highest BCUT2D eigenvalue weighted by molar-refractivity contribution is 6.05. The maximum atomic E-state index is 12.9. The molecule has 2 N–H and O–H groups in total. The van der Waals surface area contributed by atoms with Gasteiger partial charge < -0.3 is 24.8 Å². The molecule has 1 heterocycles. The van der Waals surface area contributed by atoms with Gasteiger partial charge in [0.25, 0.3) is 5.91 Å². The van der Waals surface area contributed by atoms with E-state index in [1.165, 1.54) is 7.11 Å². The van der Waals surface area contributed by atoms with Crippen molar-refractivity contribution >= 4 is 29.2 Å². The number of carbonyl (C=O) groups is 3. The topological polar surface area (TPSA) is 103 Å². The first kappa shape index (κ1) is 20.4. The van der Waals surface area contributed by atoms with Gasteiger partial charge in [-0.15, -0.1) is 0 Å². The number of hydrogen-bond donors (Lipinski definition) is 2. The Balaban J connectivity index is 1.24. The van der Waals surface area contributed by atoms with Crippen molar-refractivity contribution in [1.82, 2.24) is 0 Å². The quantitative estimate of drug-likeness (QED) is 0.675. The molecule has 3 aliphatic rings. The minimum absolute atomic E-state index is 0.00340. The van der Waals surface area contributed by atoms with Crippen molar-refractivity contribution in [3.8, 4) is 11.5 Å². The highest BCUT2D eigenvalue weighted by Gasteiger charge is 2.63. The Morgan fingerprint density at radius 2 is 1.78 bits per heavy atom. The van der Waals surface area contributed by atoms with Crippen molar-refractivity contribution in [2.45, 2.75) is 18.9 Å². The van der Waals surface area contributed by atoms with Crippen molar-refractivity contribution in [2.24, 2.45) is 23.7 Å². The highest BCUT2D eigenvalue weighted by Crippen LogP contribution is 2.57. The zero-order chi connectivity index (χ0) is 22.4. The Bertz CT molecular complexity index is 1080. The molecular formula is C24H24N2O6. The predicted molar refractivity (Wildman–Crippen MR) is 116 cm³/mol.